The molecule has 5 fully saturated rings. The van der Waals surface area contributed by atoms with Gasteiger partial charge in [0, 0.05) is 0 Å². The van der Waals surface area contributed by atoms with Gasteiger partial charge in [0.2, 0.25) is 0 Å². The van der Waals surface area contributed by atoms with Gasteiger partial charge in [0.1, 0.15) is 0 Å². The maximum absolute atomic E-state index is 3.01. The molecule has 5 saturated carbocycles. The molecule has 0 saturated heterocycles. The van der Waals surface area contributed by atoms with Gasteiger partial charge in [-0.05, 0) is 135 Å². The van der Waals surface area contributed by atoms with E-state index >= 15 is 0 Å². The van der Waals surface area contributed by atoms with Gasteiger partial charge in [0.15, 0.2) is 0 Å². The molecule has 0 aromatic heterocycles. The van der Waals surface area contributed by atoms with Crippen LogP contribution in [-0.4, -0.2) is 8.07 Å². The first-order valence-corrected chi connectivity index (χ1v) is 23.8. The molecule has 0 heterocycles. The summed E-state index contributed by atoms with van der Waals surface area (Å²) in [6, 6.07) is 21.8. The largest absolute Gasteiger partial charge is 0.0687 e. The van der Waals surface area contributed by atoms with E-state index in [1.54, 1.807) is 23.6 Å². The summed E-state index contributed by atoms with van der Waals surface area (Å²) >= 11 is 0. The van der Waals surface area contributed by atoms with E-state index in [9.17, 15) is 0 Å². The second-order valence-electron chi connectivity index (χ2n) is 20.8. The quantitative estimate of drug-likeness (QED) is 0.270. The molecule has 13 unspecified atom stereocenters. The first-order valence-electron chi connectivity index (χ1n) is 20.9. The van der Waals surface area contributed by atoms with Gasteiger partial charge in [-0.15, -0.1) is 0 Å². The van der Waals surface area contributed by atoms with Crippen LogP contribution in [0.3, 0.4) is 0 Å². The zero-order valence-electron chi connectivity index (χ0n) is 32.8. The molecule has 1 heteroatoms. The van der Waals surface area contributed by atoms with Crippen LogP contribution in [0, 0.1) is 47.3 Å². The Kier molecular flexibility index (Phi) is 9.51. The van der Waals surface area contributed by atoms with Crippen LogP contribution in [0.5, 0.6) is 0 Å². The zero-order valence-corrected chi connectivity index (χ0v) is 33.8. The van der Waals surface area contributed by atoms with Crippen LogP contribution >= 0.6 is 0 Å². The van der Waals surface area contributed by atoms with Gasteiger partial charge < -0.3 is 0 Å². The highest BCUT2D eigenvalue weighted by Crippen LogP contribution is 2.70. The monoisotopic (exact) mass is 665 g/mol. The Labute approximate surface area is 298 Å². The Balaban J connectivity index is 1.20. The number of rotatable bonds is 6. The van der Waals surface area contributed by atoms with Crippen molar-refractivity contribution < 1.29 is 0 Å². The van der Waals surface area contributed by atoms with Crippen LogP contribution in [0.4, 0.5) is 0 Å². The summed E-state index contributed by atoms with van der Waals surface area (Å²) in [5.41, 5.74) is 8.88. The molecule has 7 rings (SSSR count). The number of hydrogen-bond acceptors (Lipinski definition) is 0. The van der Waals surface area contributed by atoms with Crippen molar-refractivity contribution in [2.75, 3.05) is 0 Å². The molecule has 0 bridgehead atoms. The van der Waals surface area contributed by atoms with Gasteiger partial charge in [-0.1, -0.05) is 156 Å². The van der Waals surface area contributed by atoms with E-state index in [1.807, 2.05) is 0 Å². The summed E-state index contributed by atoms with van der Waals surface area (Å²) in [5, 5.41) is 0. The lowest BCUT2D eigenvalue weighted by atomic mass is 9.61. The molecule has 5 aliphatic carbocycles. The van der Waals surface area contributed by atoms with Crippen molar-refractivity contribution in [1.82, 2.24) is 0 Å². The standard InChI is InChI=1S/C47H72Si/c1-11-26-48(10,44-30(2)27-40-37(15-13-17-39(40)44)32-18-22-35(23-19-32)46(4,5)6)45-31(3)28-41-42(45)29-34-14-12-16-38(34)43(41)33-20-24-36(25-21-33)47(7,8)9/h18-25,30-31,34,37-45H,11-17,26-29H2,1-10H3. The number of fused-ring (bicyclic) bond motifs is 3. The minimum absolute atomic E-state index is 0.230. The van der Waals surface area contributed by atoms with Crippen LogP contribution in [0.15, 0.2) is 48.5 Å². The van der Waals surface area contributed by atoms with Crippen LogP contribution in [-0.2, 0) is 10.8 Å². The van der Waals surface area contributed by atoms with Gasteiger partial charge in [0.25, 0.3) is 0 Å². The first-order chi connectivity index (χ1) is 22.7. The van der Waals surface area contributed by atoms with Gasteiger partial charge in [-0.2, -0.15) is 0 Å². The fourth-order valence-electron chi connectivity index (χ4n) is 14.5. The van der Waals surface area contributed by atoms with Gasteiger partial charge in [-0.25, -0.2) is 0 Å². The van der Waals surface area contributed by atoms with Gasteiger partial charge in [-0.3, -0.25) is 0 Å². The topological polar surface area (TPSA) is 0 Å². The molecular formula is C47H72Si. The molecule has 13 atom stereocenters. The van der Waals surface area contributed by atoms with Crippen molar-refractivity contribution >= 4 is 8.07 Å². The Bertz CT molecular complexity index is 1390. The van der Waals surface area contributed by atoms with Crippen molar-refractivity contribution in [3.8, 4) is 0 Å². The lowest BCUT2D eigenvalue weighted by Gasteiger charge is -2.52. The molecule has 2 aromatic carbocycles. The zero-order chi connectivity index (χ0) is 34.2. The number of hydrogen-bond donors (Lipinski definition) is 0. The van der Waals surface area contributed by atoms with E-state index in [2.05, 4.69) is 117 Å². The summed E-state index contributed by atoms with van der Waals surface area (Å²) in [5.74, 6) is 9.11. The van der Waals surface area contributed by atoms with Gasteiger partial charge in [0.05, 0.1) is 8.07 Å². The highest BCUT2D eigenvalue weighted by Gasteiger charge is 2.62. The van der Waals surface area contributed by atoms with Crippen LogP contribution in [0.2, 0.25) is 23.7 Å². The second-order valence-corrected chi connectivity index (χ2v) is 25.6. The van der Waals surface area contributed by atoms with E-state index in [1.165, 1.54) is 68.9 Å². The maximum Gasteiger partial charge on any atom is 0.0577 e. The van der Waals surface area contributed by atoms with Crippen molar-refractivity contribution in [2.24, 2.45) is 47.3 Å². The minimum Gasteiger partial charge on any atom is -0.0687 e. The highest BCUT2D eigenvalue weighted by molar-refractivity contribution is 6.81. The number of benzene rings is 2. The average molecular weight is 665 g/mol. The lowest BCUT2D eigenvalue weighted by molar-refractivity contribution is 0.120. The fraction of sp³-hybridized carbons (Fsp3) is 0.745. The molecule has 264 valence electrons. The van der Waals surface area contributed by atoms with Crippen LogP contribution in [0.25, 0.3) is 0 Å². The summed E-state index contributed by atoms with van der Waals surface area (Å²) in [7, 11) is -1.60. The average Bonchev–Trinajstić information content (AvgIpc) is 3.73. The van der Waals surface area contributed by atoms with Crippen LogP contribution in [0.1, 0.15) is 161 Å². The highest BCUT2D eigenvalue weighted by atomic mass is 28.3. The predicted molar refractivity (Wildman–Crippen MR) is 211 cm³/mol. The maximum atomic E-state index is 3.01. The summed E-state index contributed by atoms with van der Waals surface area (Å²) in [6.07, 6.45) is 14.9. The molecule has 0 N–H and O–H groups in total. The summed E-state index contributed by atoms with van der Waals surface area (Å²) in [6.45, 7) is 25.3. The molecule has 5 aliphatic rings. The molecule has 0 aliphatic heterocycles. The van der Waals surface area contributed by atoms with Crippen molar-refractivity contribution in [1.29, 1.82) is 0 Å². The molecule has 48 heavy (non-hydrogen) atoms. The molecule has 2 aromatic rings. The third-order valence-corrected chi connectivity index (χ3v) is 22.6. The Hall–Kier alpha value is -1.34. The Morgan fingerprint density at radius 3 is 1.69 bits per heavy atom. The van der Waals surface area contributed by atoms with E-state index in [-0.39, 0.29) is 10.8 Å². The molecule has 0 nitrogen and oxygen atoms in total. The van der Waals surface area contributed by atoms with E-state index in [4.69, 9.17) is 0 Å². The Morgan fingerprint density at radius 1 is 0.583 bits per heavy atom. The Morgan fingerprint density at radius 2 is 1.10 bits per heavy atom. The third kappa shape index (κ3) is 6.05. The van der Waals surface area contributed by atoms with E-state index < -0.39 is 8.07 Å². The van der Waals surface area contributed by atoms with E-state index in [0.717, 1.165) is 70.3 Å². The first kappa shape index (κ1) is 35.1. The summed E-state index contributed by atoms with van der Waals surface area (Å²) in [4.78, 5) is 0. The molecular weight excluding hydrogens is 593 g/mol. The molecule has 0 radical (unpaired) electrons. The fourth-order valence-corrected chi connectivity index (χ4v) is 22.3. The normalized spacial score (nSPS) is 39.5. The lowest BCUT2D eigenvalue weighted by Crippen LogP contribution is -2.50. The molecule has 0 amide bonds. The predicted octanol–water partition coefficient (Wildman–Crippen LogP) is 13.9. The third-order valence-electron chi connectivity index (χ3n) is 16.0. The second kappa shape index (κ2) is 13.0. The summed E-state index contributed by atoms with van der Waals surface area (Å²) < 4.78 is 0. The molecule has 0 spiro atoms. The smallest absolute Gasteiger partial charge is 0.0577 e. The minimum atomic E-state index is -1.60. The van der Waals surface area contributed by atoms with Crippen LogP contribution < -0.4 is 0 Å². The van der Waals surface area contributed by atoms with Crippen molar-refractivity contribution in [3.05, 3.63) is 70.8 Å². The van der Waals surface area contributed by atoms with Crippen molar-refractivity contribution in [3.63, 3.8) is 0 Å². The van der Waals surface area contributed by atoms with Crippen molar-refractivity contribution in [2.45, 2.75) is 173 Å². The van der Waals surface area contributed by atoms with E-state index in [0.29, 0.717) is 0 Å². The van der Waals surface area contributed by atoms with Gasteiger partial charge >= 0.3 is 0 Å². The SMILES string of the molecule is CCC[Si](C)(C1C(C)CC2C(c3ccc(C(C)(C)C)cc3)CCCC21)C1C(C)CC2C1CC1CCCC1C2c1ccc(C(C)(C)C)cc1.